The van der Waals surface area contributed by atoms with E-state index >= 15 is 0 Å². The summed E-state index contributed by atoms with van der Waals surface area (Å²) in [6.07, 6.45) is 4.78. The third-order valence-electron chi connectivity index (χ3n) is 4.10. The molecule has 112 valence electrons. The van der Waals surface area contributed by atoms with Crippen LogP contribution in [0.3, 0.4) is 0 Å². The maximum absolute atomic E-state index is 12.3. The third-order valence-corrected chi connectivity index (χ3v) is 6.35. The molecule has 20 heavy (non-hydrogen) atoms. The number of halogens is 1. The minimum Gasteiger partial charge on any atom is -0.211 e. The molecule has 0 heterocycles. The minimum atomic E-state index is -3.38. The number of hydrogen-bond acceptors (Lipinski definition) is 2. The van der Waals surface area contributed by atoms with Gasteiger partial charge in [-0.1, -0.05) is 40.9 Å². The molecule has 0 bridgehead atoms. The van der Waals surface area contributed by atoms with Crippen LogP contribution in [-0.4, -0.2) is 20.3 Å². The quantitative estimate of drug-likeness (QED) is 0.818. The molecule has 1 aliphatic carbocycles. The lowest BCUT2D eigenvalue weighted by Crippen LogP contribution is -2.34. The highest BCUT2D eigenvalue weighted by molar-refractivity contribution is 9.09. The number of nitrogens with one attached hydrogen (secondary N) is 1. The van der Waals surface area contributed by atoms with Crippen molar-refractivity contribution >= 4 is 26.0 Å². The molecule has 0 radical (unpaired) electrons. The Balaban J connectivity index is 2.02. The van der Waals surface area contributed by atoms with Crippen LogP contribution in [-0.2, 0) is 10.0 Å². The van der Waals surface area contributed by atoms with E-state index in [9.17, 15) is 8.42 Å². The van der Waals surface area contributed by atoms with E-state index in [4.69, 9.17) is 0 Å². The summed E-state index contributed by atoms with van der Waals surface area (Å²) in [5.74, 6) is 1.03. The Kier molecular flexibility index (Phi) is 5.64. The lowest BCUT2D eigenvalue weighted by atomic mass is 9.80. The van der Waals surface area contributed by atoms with E-state index in [1.165, 1.54) is 19.3 Å². The molecule has 2 unspecified atom stereocenters. The molecule has 0 aromatic heterocycles. The van der Waals surface area contributed by atoms with Crippen molar-refractivity contribution < 1.29 is 8.42 Å². The van der Waals surface area contributed by atoms with Crippen molar-refractivity contribution in [3.05, 3.63) is 29.8 Å². The van der Waals surface area contributed by atoms with Gasteiger partial charge in [-0.05, 0) is 49.3 Å². The van der Waals surface area contributed by atoms with Crippen LogP contribution >= 0.6 is 15.9 Å². The van der Waals surface area contributed by atoms with E-state index in [1.54, 1.807) is 18.2 Å². The van der Waals surface area contributed by atoms with E-state index in [1.807, 2.05) is 13.0 Å². The van der Waals surface area contributed by atoms with Crippen molar-refractivity contribution in [1.82, 2.24) is 4.72 Å². The van der Waals surface area contributed by atoms with E-state index in [2.05, 4.69) is 20.7 Å². The van der Waals surface area contributed by atoms with Gasteiger partial charge in [0.05, 0.1) is 4.90 Å². The fraction of sp³-hybridized carbons (Fsp3) is 0.600. The SMILES string of the molecule is Cc1cccc(S(=O)(=O)NCC2CCCCC2CBr)c1. The summed E-state index contributed by atoms with van der Waals surface area (Å²) in [7, 11) is -3.38. The summed E-state index contributed by atoms with van der Waals surface area (Å²) in [5.41, 5.74) is 0.962. The van der Waals surface area contributed by atoms with Gasteiger partial charge < -0.3 is 0 Å². The van der Waals surface area contributed by atoms with E-state index in [0.29, 0.717) is 23.3 Å². The molecular weight excluding hydrogens is 338 g/mol. The Morgan fingerprint density at radius 2 is 1.95 bits per heavy atom. The highest BCUT2D eigenvalue weighted by Gasteiger charge is 2.26. The highest BCUT2D eigenvalue weighted by Crippen LogP contribution is 2.31. The number of hydrogen-bond donors (Lipinski definition) is 1. The largest absolute Gasteiger partial charge is 0.240 e. The van der Waals surface area contributed by atoms with Crippen LogP contribution < -0.4 is 4.72 Å². The molecule has 0 aliphatic heterocycles. The molecule has 1 N–H and O–H groups in total. The molecule has 1 saturated carbocycles. The minimum absolute atomic E-state index is 0.365. The van der Waals surface area contributed by atoms with Gasteiger partial charge in [0.1, 0.15) is 0 Å². The summed E-state index contributed by atoms with van der Waals surface area (Å²) in [6, 6.07) is 7.05. The number of aryl methyl sites for hydroxylation is 1. The Morgan fingerprint density at radius 3 is 2.60 bits per heavy atom. The predicted octanol–water partition coefficient (Wildman–Crippen LogP) is 3.47. The molecule has 0 spiro atoms. The summed E-state index contributed by atoms with van der Waals surface area (Å²) in [5, 5.41) is 0.962. The van der Waals surface area contributed by atoms with Gasteiger partial charge >= 0.3 is 0 Å². The van der Waals surface area contributed by atoms with Gasteiger partial charge in [0, 0.05) is 11.9 Å². The predicted molar refractivity (Wildman–Crippen MR) is 85.6 cm³/mol. The average Bonchev–Trinajstić information content (AvgIpc) is 2.45. The average molecular weight is 360 g/mol. The summed E-state index contributed by atoms with van der Waals surface area (Å²) in [6.45, 7) is 2.45. The standard InChI is InChI=1S/C15H22BrNO2S/c1-12-5-4-8-15(9-12)20(18,19)17-11-14-7-3-2-6-13(14)10-16/h4-5,8-9,13-14,17H,2-3,6-7,10-11H2,1H3. The zero-order valence-corrected chi connectivity index (χ0v) is 14.2. The van der Waals surface area contributed by atoms with Crippen molar-refractivity contribution in [2.45, 2.75) is 37.5 Å². The first-order valence-electron chi connectivity index (χ1n) is 7.15. The van der Waals surface area contributed by atoms with Crippen molar-refractivity contribution in [2.75, 3.05) is 11.9 Å². The normalized spacial score (nSPS) is 23.7. The molecule has 0 amide bonds. The molecular formula is C15H22BrNO2S. The van der Waals surface area contributed by atoms with Crippen molar-refractivity contribution in [3.63, 3.8) is 0 Å². The van der Waals surface area contributed by atoms with Crippen molar-refractivity contribution in [1.29, 1.82) is 0 Å². The molecule has 0 saturated heterocycles. The van der Waals surface area contributed by atoms with Crippen molar-refractivity contribution in [2.24, 2.45) is 11.8 Å². The first-order chi connectivity index (χ1) is 9.53. The number of benzene rings is 1. The van der Waals surface area contributed by atoms with Crippen LogP contribution in [0.5, 0.6) is 0 Å². The summed E-state index contributed by atoms with van der Waals surface area (Å²) < 4.78 is 27.4. The lowest BCUT2D eigenvalue weighted by Gasteiger charge is -2.30. The Bertz CT molecular complexity index is 545. The van der Waals surface area contributed by atoms with Crippen LogP contribution in [0.15, 0.2) is 29.2 Å². The van der Waals surface area contributed by atoms with Crippen LogP contribution in [0, 0.1) is 18.8 Å². The maximum Gasteiger partial charge on any atom is 0.240 e. The zero-order chi connectivity index (χ0) is 14.6. The fourth-order valence-corrected chi connectivity index (χ4v) is 4.89. The molecule has 3 nitrogen and oxygen atoms in total. The van der Waals surface area contributed by atoms with Gasteiger partial charge in [-0.15, -0.1) is 0 Å². The summed E-state index contributed by atoms with van der Waals surface area (Å²) >= 11 is 3.55. The van der Waals surface area contributed by atoms with Gasteiger partial charge in [-0.2, -0.15) is 0 Å². The molecule has 2 rings (SSSR count). The van der Waals surface area contributed by atoms with Gasteiger partial charge in [0.2, 0.25) is 10.0 Å². The molecule has 1 fully saturated rings. The molecule has 5 heteroatoms. The second kappa shape index (κ2) is 7.05. The number of rotatable bonds is 5. The van der Waals surface area contributed by atoms with Crippen LogP contribution in [0.2, 0.25) is 0 Å². The molecule has 1 aromatic rings. The second-order valence-corrected chi connectivity index (χ2v) is 8.04. The summed E-state index contributed by atoms with van der Waals surface area (Å²) in [4.78, 5) is 0.365. The Labute approximate surface area is 130 Å². The van der Waals surface area contributed by atoms with Crippen LogP contribution in [0.25, 0.3) is 0 Å². The smallest absolute Gasteiger partial charge is 0.211 e. The van der Waals surface area contributed by atoms with Gasteiger partial charge in [0.15, 0.2) is 0 Å². The van der Waals surface area contributed by atoms with Gasteiger partial charge in [0.25, 0.3) is 0 Å². The maximum atomic E-state index is 12.3. The van der Waals surface area contributed by atoms with Crippen LogP contribution in [0.1, 0.15) is 31.2 Å². The van der Waals surface area contributed by atoms with E-state index < -0.39 is 10.0 Å². The zero-order valence-electron chi connectivity index (χ0n) is 11.8. The molecule has 1 aliphatic rings. The third kappa shape index (κ3) is 4.06. The van der Waals surface area contributed by atoms with E-state index in [-0.39, 0.29) is 0 Å². The molecule has 1 aromatic carbocycles. The number of alkyl halides is 1. The highest BCUT2D eigenvalue weighted by atomic mass is 79.9. The fourth-order valence-electron chi connectivity index (χ4n) is 2.84. The van der Waals surface area contributed by atoms with Crippen molar-refractivity contribution in [3.8, 4) is 0 Å². The number of sulfonamides is 1. The first kappa shape index (κ1) is 16.0. The molecule has 2 atom stereocenters. The monoisotopic (exact) mass is 359 g/mol. The lowest BCUT2D eigenvalue weighted by molar-refractivity contribution is 0.263. The topological polar surface area (TPSA) is 46.2 Å². The van der Waals surface area contributed by atoms with Gasteiger partial charge in [-0.3, -0.25) is 0 Å². The van der Waals surface area contributed by atoms with Gasteiger partial charge in [-0.25, -0.2) is 13.1 Å². The first-order valence-corrected chi connectivity index (χ1v) is 9.75. The second-order valence-electron chi connectivity index (χ2n) is 5.63. The van der Waals surface area contributed by atoms with Crippen LogP contribution in [0.4, 0.5) is 0 Å². The Hall–Kier alpha value is -0.390. The van der Waals surface area contributed by atoms with E-state index in [0.717, 1.165) is 17.3 Å². The Morgan fingerprint density at radius 1 is 1.25 bits per heavy atom.